The van der Waals surface area contributed by atoms with Crippen molar-refractivity contribution in [2.45, 2.75) is 26.7 Å². The maximum atomic E-state index is 11.7. The highest BCUT2D eigenvalue weighted by Crippen LogP contribution is 2.16. The van der Waals surface area contributed by atoms with E-state index in [0.29, 0.717) is 11.3 Å². The molecule has 19 heavy (non-hydrogen) atoms. The number of amides is 1. The molecule has 0 aliphatic heterocycles. The quantitative estimate of drug-likeness (QED) is 0.798. The lowest BCUT2D eigenvalue weighted by atomic mass is 10.1. The molecule has 0 aliphatic rings. The fourth-order valence-electron chi connectivity index (χ4n) is 1.48. The van der Waals surface area contributed by atoms with Gasteiger partial charge in [0.1, 0.15) is 5.78 Å². The summed E-state index contributed by atoms with van der Waals surface area (Å²) in [6.07, 6.45) is 0.292. The van der Waals surface area contributed by atoms with Gasteiger partial charge in [0, 0.05) is 12.8 Å². The zero-order valence-corrected chi connectivity index (χ0v) is 11.1. The largest absolute Gasteiger partial charge is 0.462 e. The van der Waals surface area contributed by atoms with Crippen molar-refractivity contribution < 1.29 is 19.1 Å². The first-order valence-corrected chi connectivity index (χ1v) is 6.10. The Morgan fingerprint density at radius 1 is 1.16 bits per heavy atom. The van der Waals surface area contributed by atoms with Gasteiger partial charge >= 0.3 is 5.97 Å². The molecule has 0 unspecified atom stereocenters. The Balaban J connectivity index is 2.75. The highest BCUT2D eigenvalue weighted by atomic mass is 16.5. The topological polar surface area (TPSA) is 72.5 Å². The van der Waals surface area contributed by atoms with Crippen molar-refractivity contribution in [1.29, 1.82) is 0 Å². The molecule has 0 saturated heterocycles. The molecule has 0 saturated carbocycles. The lowest BCUT2D eigenvalue weighted by molar-refractivity contribution is -0.121. The van der Waals surface area contributed by atoms with Gasteiger partial charge in [0.15, 0.2) is 0 Å². The lowest BCUT2D eigenvalue weighted by Gasteiger charge is -2.09. The van der Waals surface area contributed by atoms with Gasteiger partial charge in [-0.25, -0.2) is 4.79 Å². The predicted molar refractivity (Wildman–Crippen MR) is 70.9 cm³/mol. The van der Waals surface area contributed by atoms with Gasteiger partial charge < -0.3 is 14.8 Å². The van der Waals surface area contributed by atoms with Gasteiger partial charge in [-0.1, -0.05) is 12.1 Å². The lowest BCUT2D eigenvalue weighted by Crippen LogP contribution is -2.16. The number of para-hydroxylation sites is 1. The van der Waals surface area contributed by atoms with Crippen molar-refractivity contribution in [1.82, 2.24) is 0 Å². The summed E-state index contributed by atoms with van der Waals surface area (Å²) in [5, 5.41) is 2.61. The zero-order valence-electron chi connectivity index (χ0n) is 11.1. The summed E-state index contributed by atoms with van der Waals surface area (Å²) in [6.45, 7) is 3.41. The summed E-state index contributed by atoms with van der Waals surface area (Å²) in [5.74, 6) is -0.828. The van der Waals surface area contributed by atoms with Crippen molar-refractivity contribution in [2.75, 3.05) is 11.9 Å². The average Bonchev–Trinajstić information content (AvgIpc) is 2.37. The molecule has 1 rings (SSSR count). The van der Waals surface area contributed by atoms with Crippen molar-refractivity contribution in [2.24, 2.45) is 0 Å². The van der Waals surface area contributed by atoms with Crippen molar-refractivity contribution in [3.63, 3.8) is 0 Å². The maximum absolute atomic E-state index is 11.7. The molecule has 0 atom stereocenters. The summed E-state index contributed by atoms with van der Waals surface area (Å²) in [4.78, 5) is 34.1. The van der Waals surface area contributed by atoms with Crippen LogP contribution in [0.5, 0.6) is 0 Å². The molecule has 5 heteroatoms. The number of ketones is 1. The van der Waals surface area contributed by atoms with Gasteiger partial charge in [-0.2, -0.15) is 0 Å². The van der Waals surface area contributed by atoms with Crippen LogP contribution in [0.4, 0.5) is 5.69 Å². The molecule has 0 aromatic heterocycles. The van der Waals surface area contributed by atoms with Crippen LogP contribution >= 0.6 is 0 Å². The van der Waals surface area contributed by atoms with Gasteiger partial charge in [-0.05, 0) is 26.0 Å². The fourth-order valence-corrected chi connectivity index (χ4v) is 1.48. The molecular formula is C14H17NO4. The van der Waals surface area contributed by atoms with Crippen LogP contribution in [-0.2, 0) is 14.3 Å². The molecule has 0 spiro atoms. The van der Waals surface area contributed by atoms with Crippen LogP contribution in [0.3, 0.4) is 0 Å². The van der Waals surface area contributed by atoms with E-state index >= 15 is 0 Å². The van der Waals surface area contributed by atoms with E-state index in [-0.39, 0.29) is 31.1 Å². The van der Waals surface area contributed by atoms with Gasteiger partial charge in [-0.15, -0.1) is 0 Å². The molecule has 1 aromatic rings. The van der Waals surface area contributed by atoms with E-state index in [2.05, 4.69) is 5.32 Å². The number of carbonyl (C=O) groups excluding carboxylic acids is 3. The van der Waals surface area contributed by atoms with Crippen LogP contribution in [0.15, 0.2) is 24.3 Å². The van der Waals surface area contributed by atoms with Crippen LogP contribution in [-0.4, -0.2) is 24.3 Å². The molecule has 0 radical (unpaired) electrons. The normalized spacial score (nSPS) is 9.79. The first-order chi connectivity index (χ1) is 9.04. The first kappa shape index (κ1) is 14.9. The third-order valence-corrected chi connectivity index (χ3v) is 2.40. The molecule has 5 nitrogen and oxygen atoms in total. The smallest absolute Gasteiger partial charge is 0.340 e. The first-order valence-electron chi connectivity index (χ1n) is 6.10. The standard InChI is InChI=1S/C14H17NO4/c1-3-19-14(18)11-6-4-5-7-12(11)15-13(17)9-8-10(2)16/h4-7H,3,8-9H2,1-2H3,(H,15,17). The van der Waals surface area contributed by atoms with E-state index in [9.17, 15) is 14.4 Å². The number of ether oxygens (including phenoxy) is 1. The van der Waals surface area contributed by atoms with E-state index < -0.39 is 5.97 Å². The number of Topliss-reactive ketones (excluding diaryl/α,β-unsaturated/α-hetero) is 1. The molecule has 102 valence electrons. The number of anilines is 1. The third-order valence-electron chi connectivity index (χ3n) is 2.40. The summed E-state index contributed by atoms with van der Waals surface area (Å²) in [6, 6.07) is 6.61. The zero-order chi connectivity index (χ0) is 14.3. The van der Waals surface area contributed by atoms with Crippen LogP contribution in [0.25, 0.3) is 0 Å². The molecule has 0 fully saturated rings. The molecule has 0 heterocycles. The van der Waals surface area contributed by atoms with Gasteiger partial charge in [-0.3, -0.25) is 4.79 Å². The minimum absolute atomic E-state index is 0.0474. The Kier molecular flexibility index (Phi) is 5.73. The van der Waals surface area contributed by atoms with Crippen LogP contribution < -0.4 is 5.32 Å². The monoisotopic (exact) mass is 263 g/mol. The van der Waals surface area contributed by atoms with Crippen molar-refractivity contribution in [3.8, 4) is 0 Å². The minimum atomic E-state index is -0.482. The van der Waals surface area contributed by atoms with Gasteiger partial charge in [0.05, 0.1) is 17.9 Å². The van der Waals surface area contributed by atoms with E-state index in [1.807, 2.05) is 0 Å². The van der Waals surface area contributed by atoms with Crippen LogP contribution in [0.2, 0.25) is 0 Å². The number of rotatable bonds is 6. The Morgan fingerprint density at radius 3 is 2.47 bits per heavy atom. The van der Waals surface area contributed by atoms with Crippen LogP contribution in [0.1, 0.15) is 37.0 Å². The molecular weight excluding hydrogens is 246 g/mol. The summed E-state index contributed by atoms with van der Waals surface area (Å²) < 4.78 is 4.90. The Morgan fingerprint density at radius 2 is 1.84 bits per heavy atom. The van der Waals surface area contributed by atoms with E-state index in [4.69, 9.17) is 4.74 Å². The molecule has 0 aliphatic carbocycles. The number of benzene rings is 1. The fraction of sp³-hybridized carbons (Fsp3) is 0.357. The number of nitrogens with one attached hydrogen (secondary N) is 1. The van der Waals surface area contributed by atoms with E-state index in [0.717, 1.165) is 0 Å². The number of esters is 1. The Labute approximate surface area is 111 Å². The Bertz CT molecular complexity index is 482. The highest BCUT2D eigenvalue weighted by molar-refractivity contribution is 6.01. The van der Waals surface area contributed by atoms with Crippen LogP contribution in [0, 0.1) is 0 Å². The molecule has 1 aromatic carbocycles. The van der Waals surface area contributed by atoms with Crippen molar-refractivity contribution >= 4 is 23.3 Å². The molecule has 0 bridgehead atoms. The summed E-state index contributed by atoms with van der Waals surface area (Å²) >= 11 is 0. The second-order valence-electron chi connectivity index (χ2n) is 4.02. The number of carbonyl (C=O) groups is 3. The average molecular weight is 263 g/mol. The molecule has 1 N–H and O–H groups in total. The van der Waals surface area contributed by atoms with Gasteiger partial charge in [0.2, 0.25) is 5.91 Å². The summed E-state index contributed by atoms with van der Waals surface area (Å²) in [7, 11) is 0. The minimum Gasteiger partial charge on any atom is -0.462 e. The predicted octanol–water partition coefficient (Wildman–Crippen LogP) is 2.17. The highest BCUT2D eigenvalue weighted by Gasteiger charge is 2.13. The summed E-state index contributed by atoms with van der Waals surface area (Å²) in [5.41, 5.74) is 0.704. The van der Waals surface area contributed by atoms with Crippen molar-refractivity contribution in [3.05, 3.63) is 29.8 Å². The van der Waals surface area contributed by atoms with E-state index in [1.165, 1.54) is 6.92 Å². The maximum Gasteiger partial charge on any atom is 0.340 e. The van der Waals surface area contributed by atoms with Gasteiger partial charge in [0.25, 0.3) is 0 Å². The SMILES string of the molecule is CCOC(=O)c1ccccc1NC(=O)CCC(C)=O. The second kappa shape index (κ2) is 7.31. The third kappa shape index (κ3) is 4.91. The second-order valence-corrected chi connectivity index (χ2v) is 4.02. The number of hydrogen-bond acceptors (Lipinski definition) is 4. The van der Waals surface area contributed by atoms with E-state index in [1.54, 1.807) is 31.2 Å². The number of hydrogen-bond donors (Lipinski definition) is 1. The molecule has 1 amide bonds. The Hall–Kier alpha value is -2.17.